The van der Waals surface area contributed by atoms with Crippen LogP contribution < -0.4 is 9.64 Å². The van der Waals surface area contributed by atoms with Gasteiger partial charge in [0, 0.05) is 25.2 Å². The summed E-state index contributed by atoms with van der Waals surface area (Å²) in [5, 5.41) is 11.6. The second-order valence-corrected chi connectivity index (χ2v) is 4.78. The molecule has 19 heavy (non-hydrogen) atoms. The number of pyridine rings is 1. The van der Waals surface area contributed by atoms with Gasteiger partial charge in [0.25, 0.3) is 0 Å². The molecule has 1 N–H and O–H groups in total. The minimum absolute atomic E-state index is 0.294. The number of aromatic nitrogens is 1. The van der Waals surface area contributed by atoms with E-state index < -0.39 is 0 Å². The first kappa shape index (κ1) is 13.6. The molecule has 4 nitrogen and oxygen atoms in total. The Kier molecular flexibility index (Phi) is 4.22. The molecule has 1 atom stereocenters. The fraction of sp³-hybridized carbons (Fsp3) is 0.400. The fourth-order valence-electron chi connectivity index (χ4n) is 2.06. The highest BCUT2D eigenvalue weighted by molar-refractivity contribution is 5.92. The quantitative estimate of drug-likeness (QED) is 0.897. The van der Waals surface area contributed by atoms with E-state index in [0.29, 0.717) is 0 Å². The highest BCUT2D eigenvalue weighted by atomic mass is 16.5. The Morgan fingerprint density at radius 1 is 1.37 bits per heavy atom. The molecule has 1 aromatic heterocycles. The minimum Gasteiger partial charge on any atom is -0.497 e. The second-order valence-electron chi connectivity index (χ2n) is 4.78. The lowest BCUT2D eigenvalue weighted by atomic mass is 10.1. The standard InChI is InChI=1S/C15H20N2O2/c1-11(18)7-9-17(2)15-14-5-4-13(19-3)10-12(14)6-8-16-15/h4-6,8,10-11,18H,7,9H2,1-3H3. The molecule has 1 heterocycles. The first-order valence-electron chi connectivity index (χ1n) is 6.44. The summed E-state index contributed by atoms with van der Waals surface area (Å²) in [6.07, 6.45) is 2.23. The van der Waals surface area contributed by atoms with Crippen LogP contribution in [0.5, 0.6) is 5.75 Å². The topological polar surface area (TPSA) is 45.6 Å². The molecule has 4 heteroatoms. The Balaban J connectivity index is 2.32. The summed E-state index contributed by atoms with van der Waals surface area (Å²) in [7, 11) is 3.66. The van der Waals surface area contributed by atoms with E-state index in [4.69, 9.17) is 4.74 Å². The average molecular weight is 260 g/mol. The van der Waals surface area contributed by atoms with Gasteiger partial charge in [-0.25, -0.2) is 4.98 Å². The van der Waals surface area contributed by atoms with Gasteiger partial charge in [-0.2, -0.15) is 0 Å². The Bertz CT molecular complexity index is 555. The predicted octanol–water partition coefficient (Wildman–Crippen LogP) is 2.45. The van der Waals surface area contributed by atoms with Crippen molar-refractivity contribution >= 4 is 16.6 Å². The molecule has 1 aromatic carbocycles. The summed E-state index contributed by atoms with van der Waals surface area (Å²) in [4.78, 5) is 6.51. The average Bonchev–Trinajstić information content (AvgIpc) is 2.43. The van der Waals surface area contributed by atoms with Gasteiger partial charge in [0.05, 0.1) is 13.2 Å². The molecule has 0 saturated carbocycles. The maximum atomic E-state index is 9.37. The van der Waals surface area contributed by atoms with Gasteiger partial charge in [0.1, 0.15) is 11.6 Å². The molecule has 0 aliphatic heterocycles. The number of nitrogens with zero attached hydrogens (tertiary/aromatic N) is 2. The van der Waals surface area contributed by atoms with Gasteiger partial charge < -0.3 is 14.7 Å². The highest BCUT2D eigenvalue weighted by Gasteiger charge is 2.09. The normalized spacial score (nSPS) is 12.4. The zero-order chi connectivity index (χ0) is 13.8. The van der Waals surface area contributed by atoms with Crippen molar-refractivity contribution < 1.29 is 9.84 Å². The third kappa shape index (κ3) is 3.15. The van der Waals surface area contributed by atoms with Gasteiger partial charge in [-0.05, 0) is 43.0 Å². The van der Waals surface area contributed by atoms with Crippen LogP contribution in [-0.4, -0.2) is 36.9 Å². The summed E-state index contributed by atoms with van der Waals surface area (Å²) in [5.41, 5.74) is 0. The molecule has 0 amide bonds. The molecule has 0 fully saturated rings. The summed E-state index contributed by atoms with van der Waals surface area (Å²) in [5.74, 6) is 1.78. The first-order valence-corrected chi connectivity index (χ1v) is 6.44. The molecular weight excluding hydrogens is 240 g/mol. The third-order valence-electron chi connectivity index (χ3n) is 3.19. The van der Waals surface area contributed by atoms with Crippen LogP contribution in [0.2, 0.25) is 0 Å². The number of rotatable bonds is 5. The highest BCUT2D eigenvalue weighted by Crippen LogP contribution is 2.27. The molecule has 1 unspecified atom stereocenters. The van der Waals surface area contributed by atoms with E-state index in [2.05, 4.69) is 9.88 Å². The smallest absolute Gasteiger partial charge is 0.136 e. The molecule has 2 aromatic rings. The van der Waals surface area contributed by atoms with E-state index in [9.17, 15) is 5.11 Å². The Morgan fingerprint density at radius 2 is 2.16 bits per heavy atom. The number of methoxy groups -OCH3 is 1. The van der Waals surface area contributed by atoms with Crippen molar-refractivity contribution in [3.63, 3.8) is 0 Å². The number of aliphatic hydroxyl groups is 1. The fourth-order valence-corrected chi connectivity index (χ4v) is 2.06. The number of ether oxygens (including phenoxy) is 1. The zero-order valence-electron chi connectivity index (χ0n) is 11.6. The van der Waals surface area contributed by atoms with Gasteiger partial charge in [0.15, 0.2) is 0 Å². The van der Waals surface area contributed by atoms with E-state index >= 15 is 0 Å². The van der Waals surface area contributed by atoms with Gasteiger partial charge in [-0.15, -0.1) is 0 Å². The van der Waals surface area contributed by atoms with Gasteiger partial charge in [-0.1, -0.05) is 0 Å². The molecular formula is C15H20N2O2. The van der Waals surface area contributed by atoms with Crippen LogP contribution in [0.15, 0.2) is 30.5 Å². The van der Waals surface area contributed by atoms with Crippen molar-refractivity contribution in [2.75, 3.05) is 25.6 Å². The van der Waals surface area contributed by atoms with Crippen LogP contribution >= 0.6 is 0 Å². The van der Waals surface area contributed by atoms with E-state index in [1.807, 2.05) is 31.3 Å². The molecule has 0 radical (unpaired) electrons. The number of benzene rings is 1. The summed E-state index contributed by atoms with van der Waals surface area (Å²) < 4.78 is 5.23. The van der Waals surface area contributed by atoms with E-state index in [1.54, 1.807) is 20.2 Å². The SMILES string of the molecule is COc1ccc2c(N(C)CCC(C)O)nccc2c1. The molecule has 0 bridgehead atoms. The monoisotopic (exact) mass is 260 g/mol. The lowest BCUT2D eigenvalue weighted by Gasteiger charge is -2.20. The minimum atomic E-state index is -0.294. The number of aliphatic hydroxyl groups excluding tert-OH is 1. The molecule has 0 aliphatic rings. The van der Waals surface area contributed by atoms with E-state index in [0.717, 1.165) is 35.3 Å². The molecule has 2 rings (SSSR count). The Morgan fingerprint density at radius 3 is 2.84 bits per heavy atom. The van der Waals surface area contributed by atoms with Crippen LogP contribution in [0.4, 0.5) is 5.82 Å². The van der Waals surface area contributed by atoms with Crippen molar-refractivity contribution in [3.8, 4) is 5.75 Å². The van der Waals surface area contributed by atoms with Gasteiger partial charge >= 0.3 is 0 Å². The second kappa shape index (κ2) is 5.89. The van der Waals surface area contributed by atoms with Crippen LogP contribution in [0.25, 0.3) is 10.8 Å². The Hall–Kier alpha value is -1.81. The largest absolute Gasteiger partial charge is 0.497 e. The number of hydrogen-bond donors (Lipinski definition) is 1. The Labute approximate surface area is 113 Å². The van der Waals surface area contributed by atoms with Gasteiger partial charge in [-0.3, -0.25) is 0 Å². The summed E-state index contributed by atoms with van der Waals surface area (Å²) in [6, 6.07) is 7.94. The predicted molar refractivity (Wildman–Crippen MR) is 77.9 cm³/mol. The summed E-state index contributed by atoms with van der Waals surface area (Å²) >= 11 is 0. The zero-order valence-corrected chi connectivity index (χ0v) is 11.6. The van der Waals surface area contributed by atoms with Gasteiger partial charge in [0.2, 0.25) is 0 Å². The van der Waals surface area contributed by atoms with Crippen LogP contribution in [0.1, 0.15) is 13.3 Å². The lowest BCUT2D eigenvalue weighted by Crippen LogP contribution is -2.22. The number of hydrogen-bond acceptors (Lipinski definition) is 4. The van der Waals surface area contributed by atoms with Crippen molar-refractivity contribution in [2.45, 2.75) is 19.4 Å². The van der Waals surface area contributed by atoms with Crippen LogP contribution in [-0.2, 0) is 0 Å². The maximum Gasteiger partial charge on any atom is 0.136 e. The molecule has 0 spiro atoms. The van der Waals surface area contributed by atoms with Crippen LogP contribution in [0.3, 0.4) is 0 Å². The third-order valence-corrected chi connectivity index (χ3v) is 3.19. The maximum absolute atomic E-state index is 9.37. The first-order chi connectivity index (χ1) is 9.11. The van der Waals surface area contributed by atoms with Crippen molar-refractivity contribution in [1.82, 2.24) is 4.98 Å². The number of fused-ring (bicyclic) bond motifs is 1. The van der Waals surface area contributed by atoms with Crippen molar-refractivity contribution in [2.24, 2.45) is 0 Å². The lowest BCUT2D eigenvalue weighted by molar-refractivity contribution is 0.187. The van der Waals surface area contributed by atoms with Crippen molar-refractivity contribution in [1.29, 1.82) is 0 Å². The number of anilines is 1. The molecule has 0 saturated heterocycles. The van der Waals surface area contributed by atoms with E-state index in [-0.39, 0.29) is 6.10 Å². The molecule has 0 aliphatic carbocycles. The van der Waals surface area contributed by atoms with Crippen LogP contribution in [0, 0.1) is 0 Å². The van der Waals surface area contributed by atoms with E-state index in [1.165, 1.54) is 0 Å². The molecule has 102 valence electrons. The summed E-state index contributed by atoms with van der Waals surface area (Å²) in [6.45, 7) is 2.57. The van der Waals surface area contributed by atoms with Crippen molar-refractivity contribution in [3.05, 3.63) is 30.5 Å².